The Kier molecular flexibility index (Phi) is 8.19. The second-order valence-corrected chi connectivity index (χ2v) is 5.53. The molecular formula is C11H10Cl2N18O2. The van der Waals surface area contributed by atoms with Crippen molar-refractivity contribution in [2.24, 2.45) is 0 Å². The first kappa shape index (κ1) is 23.1. The van der Waals surface area contributed by atoms with Crippen molar-refractivity contribution in [3.8, 4) is 23.9 Å². The van der Waals surface area contributed by atoms with Crippen molar-refractivity contribution in [3.05, 3.63) is 29.5 Å². The predicted octanol–water partition coefficient (Wildman–Crippen LogP) is -1.78. The number of aromatic amines is 1. The van der Waals surface area contributed by atoms with Gasteiger partial charge in [0.15, 0.2) is 6.33 Å². The van der Waals surface area contributed by atoms with Gasteiger partial charge in [-0.1, -0.05) is 5.21 Å². The number of methoxy groups -OCH3 is 2. The Morgan fingerprint density at radius 2 is 1.27 bits per heavy atom. The van der Waals surface area contributed by atoms with Crippen LogP contribution in [0.2, 0.25) is 10.6 Å². The van der Waals surface area contributed by atoms with E-state index in [0.29, 0.717) is 0 Å². The van der Waals surface area contributed by atoms with Gasteiger partial charge in [-0.25, -0.2) is 0 Å². The minimum Gasteiger partial charge on any atom is -0.467 e. The molecule has 0 aliphatic heterocycles. The van der Waals surface area contributed by atoms with Crippen molar-refractivity contribution in [2.75, 3.05) is 14.2 Å². The molecule has 0 saturated heterocycles. The molecule has 0 radical (unpaired) electrons. The number of nitrogens with zero attached hydrogens (tertiary/aromatic N) is 17. The van der Waals surface area contributed by atoms with Crippen LogP contribution in [0.4, 0.5) is 0 Å². The van der Waals surface area contributed by atoms with E-state index in [-0.39, 0.29) is 34.5 Å². The molecule has 22 heteroatoms. The molecule has 0 bridgehead atoms. The lowest BCUT2D eigenvalue weighted by Crippen LogP contribution is -2.11. The fourth-order valence-corrected chi connectivity index (χ4v) is 2.01. The average Bonchev–Trinajstić information content (AvgIpc) is 3.62. The number of hydrogen-bond donors (Lipinski definition) is 1. The van der Waals surface area contributed by atoms with Crippen molar-refractivity contribution in [2.45, 2.75) is 0 Å². The normalized spacial score (nSPS) is 9.82. The smallest absolute Gasteiger partial charge is 0.322 e. The summed E-state index contributed by atoms with van der Waals surface area (Å²) in [7, 11) is 2.85. The summed E-state index contributed by atoms with van der Waals surface area (Å²) in [5.74, 6) is 0.384. The van der Waals surface area contributed by atoms with Gasteiger partial charge >= 0.3 is 12.0 Å². The lowest BCUT2D eigenvalue weighted by molar-refractivity contribution is 0.375. The van der Waals surface area contributed by atoms with Crippen LogP contribution in [0.25, 0.3) is 11.9 Å². The second kappa shape index (κ2) is 11.7. The van der Waals surface area contributed by atoms with Gasteiger partial charge in [0.1, 0.15) is 12.7 Å². The molecular weight excluding hydrogens is 487 g/mol. The van der Waals surface area contributed by atoms with Gasteiger partial charge in [0.25, 0.3) is 11.9 Å². The highest BCUT2D eigenvalue weighted by atomic mass is 35.5. The fraction of sp³-hybridized carbons (Fsp3) is 0.182. The Labute approximate surface area is 191 Å². The molecule has 0 fully saturated rings. The first-order valence-electron chi connectivity index (χ1n) is 8.13. The Bertz CT molecular complexity index is 1130. The van der Waals surface area contributed by atoms with E-state index in [1.165, 1.54) is 42.6 Å². The van der Waals surface area contributed by atoms with Crippen molar-refractivity contribution < 1.29 is 9.47 Å². The maximum atomic E-state index is 5.40. The van der Waals surface area contributed by atoms with Crippen molar-refractivity contribution in [1.29, 1.82) is 0 Å². The van der Waals surface area contributed by atoms with Crippen LogP contribution >= 0.6 is 23.2 Å². The van der Waals surface area contributed by atoms with E-state index in [9.17, 15) is 0 Å². The minimum absolute atomic E-state index is 0.0249. The summed E-state index contributed by atoms with van der Waals surface area (Å²) in [6, 6.07) is 0.214. The first-order valence-corrected chi connectivity index (χ1v) is 8.89. The third kappa shape index (κ3) is 6.96. The first-order chi connectivity index (χ1) is 16.1. The topological polar surface area (TPSA) is 237 Å². The van der Waals surface area contributed by atoms with Crippen molar-refractivity contribution in [3.63, 3.8) is 0 Å². The molecule has 1 N–H and O–H groups in total. The second-order valence-electron chi connectivity index (χ2n) is 4.85. The number of ether oxygens (including phenoxy) is 2. The standard InChI is InChI=1S/C6H5N11O.C4H3Cl2N3O.CH2N4/c1-18-6-10-4(16-2-7-12-14-16)9-5(11-6)17-3-8-13-15-17;1-10-4-8-2(5)7-3(6)9-4;1-2-4-5-3-1/h2-3H,1H3;1H3;1H,(H,2,3,4,5). The molecule has 0 atom stereocenters. The van der Waals surface area contributed by atoms with Crippen LogP contribution in [0.5, 0.6) is 12.0 Å². The Balaban J connectivity index is 0.000000170. The van der Waals surface area contributed by atoms with Gasteiger partial charge in [0.05, 0.1) is 14.2 Å². The number of nitrogens with one attached hydrogen (secondary N) is 1. The monoisotopic (exact) mass is 496 g/mol. The molecule has 0 aliphatic rings. The van der Waals surface area contributed by atoms with Gasteiger partial charge in [-0.15, -0.1) is 20.4 Å². The Hall–Kier alpha value is -4.59. The van der Waals surface area contributed by atoms with Crippen LogP contribution in [0.15, 0.2) is 19.0 Å². The van der Waals surface area contributed by atoms with Crippen LogP contribution < -0.4 is 9.47 Å². The van der Waals surface area contributed by atoms with Gasteiger partial charge in [0, 0.05) is 0 Å². The highest BCUT2D eigenvalue weighted by molar-refractivity contribution is 6.31. The minimum atomic E-state index is 0.0249. The number of hydrogen-bond acceptors (Lipinski definition) is 17. The number of halogens is 2. The quantitative estimate of drug-likeness (QED) is 0.288. The van der Waals surface area contributed by atoms with Crippen LogP contribution in [-0.2, 0) is 0 Å². The number of aromatic nitrogens is 18. The van der Waals surface area contributed by atoms with E-state index in [4.69, 9.17) is 27.9 Å². The molecule has 33 heavy (non-hydrogen) atoms. The number of tetrazole rings is 3. The molecule has 0 aromatic carbocycles. The van der Waals surface area contributed by atoms with Crippen LogP contribution in [0, 0.1) is 0 Å². The van der Waals surface area contributed by atoms with E-state index in [1.54, 1.807) is 0 Å². The van der Waals surface area contributed by atoms with Crippen molar-refractivity contribution in [1.82, 2.24) is 90.9 Å². The van der Waals surface area contributed by atoms with Gasteiger partial charge in [0.2, 0.25) is 10.6 Å². The van der Waals surface area contributed by atoms with E-state index in [2.05, 4.69) is 86.3 Å². The highest BCUT2D eigenvalue weighted by Crippen LogP contribution is 2.10. The summed E-state index contributed by atoms with van der Waals surface area (Å²) in [5.41, 5.74) is 0. The van der Waals surface area contributed by atoms with E-state index >= 15 is 0 Å². The Morgan fingerprint density at radius 3 is 1.64 bits per heavy atom. The molecule has 0 saturated carbocycles. The molecule has 0 spiro atoms. The Morgan fingerprint density at radius 1 is 0.727 bits per heavy atom. The van der Waals surface area contributed by atoms with Gasteiger partial charge in [-0.2, -0.15) is 44.5 Å². The molecule has 5 heterocycles. The van der Waals surface area contributed by atoms with Crippen LogP contribution in [0.3, 0.4) is 0 Å². The molecule has 0 amide bonds. The predicted molar refractivity (Wildman–Crippen MR) is 102 cm³/mol. The zero-order chi connectivity index (χ0) is 23.5. The van der Waals surface area contributed by atoms with Gasteiger partial charge in [-0.05, 0) is 44.1 Å². The maximum Gasteiger partial charge on any atom is 0.322 e. The molecule has 0 unspecified atom stereocenters. The maximum absolute atomic E-state index is 5.40. The summed E-state index contributed by atoms with van der Waals surface area (Å²) in [5, 5.41) is 33.5. The molecule has 0 aliphatic carbocycles. The molecule has 170 valence electrons. The van der Waals surface area contributed by atoms with Crippen LogP contribution in [-0.4, -0.2) is 105 Å². The van der Waals surface area contributed by atoms with E-state index in [1.807, 2.05) is 0 Å². The largest absolute Gasteiger partial charge is 0.467 e. The fourth-order valence-electron chi connectivity index (χ4n) is 1.67. The lowest BCUT2D eigenvalue weighted by Gasteiger charge is -2.03. The third-order valence-corrected chi connectivity index (χ3v) is 3.23. The summed E-state index contributed by atoms with van der Waals surface area (Å²) in [6.45, 7) is 0. The zero-order valence-corrected chi connectivity index (χ0v) is 17.9. The molecule has 5 rings (SSSR count). The van der Waals surface area contributed by atoms with E-state index < -0.39 is 0 Å². The third-order valence-electron chi connectivity index (χ3n) is 2.89. The summed E-state index contributed by atoms with van der Waals surface area (Å²) in [6.07, 6.45) is 4.02. The van der Waals surface area contributed by atoms with Crippen LogP contribution in [0.1, 0.15) is 0 Å². The summed E-state index contributed by atoms with van der Waals surface area (Å²) >= 11 is 10.8. The highest BCUT2D eigenvalue weighted by Gasteiger charge is 2.11. The molecule has 5 aromatic rings. The van der Waals surface area contributed by atoms with Gasteiger partial charge in [-0.3, -0.25) is 0 Å². The number of rotatable bonds is 4. The zero-order valence-electron chi connectivity index (χ0n) is 16.4. The summed E-state index contributed by atoms with van der Waals surface area (Å²) in [4.78, 5) is 22.8. The SMILES string of the molecule is COc1nc(-n2cnnn2)nc(-n2cnnn2)n1.COc1nc(Cl)nc(Cl)n1.c1nn[nH]n1. The van der Waals surface area contributed by atoms with Gasteiger partial charge < -0.3 is 9.47 Å². The van der Waals surface area contributed by atoms with Crippen molar-refractivity contribution >= 4 is 23.2 Å². The molecule has 20 nitrogen and oxygen atoms in total. The average molecular weight is 497 g/mol. The summed E-state index contributed by atoms with van der Waals surface area (Å²) < 4.78 is 12.1. The molecule has 5 aromatic heterocycles. The van der Waals surface area contributed by atoms with E-state index in [0.717, 1.165) is 0 Å². The number of H-pyrrole nitrogens is 1. The lowest BCUT2D eigenvalue weighted by atomic mass is 10.8.